The number of amidine groups is 1. The van der Waals surface area contributed by atoms with Gasteiger partial charge in [-0.15, -0.1) is 0 Å². The van der Waals surface area contributed by atoms with E-state index in [1.165, 1.54) is 6.07 Å². The normalized spacial score (nSPS) is 15.9. The highest BCUT2D eigenvalue weighted by Crippen LogP contribution is 2.36. The van der Waals surface area contributed by atoms with E-state index in [4.69, 9.17) is 16.3 Å². The predicted octanol–water partition coefficient (Wildman–Crippen LogP) is 6.39. The first kappa shape index (κ1) is 22.6. The highest BCUT2D eigenvalue weighted by atomic mass is 35.5. The van der Waals surface area contributed by atoms with Crippen molar-refractivity contribution >= 4 is 23.1 Å². The maximum absolute atomic E-state index is 13.2. The van der Waals surface area contributed by atoms with Gasteiger partial charge in [0.1, 0.15) is 11.5 Å². The smallest absolute Gasteiger partial charge is 0.416 e. The molecule has 1 atom stereocenters. The highest BCUT2D eigenvalue weighted by Gasteiger charge is 2.35. The van der Waals surface area contributed by atoms with Crippen LogP contribution < -0.4 is 9.64 Å². The zero-order chi connectivity index (χ0) is 23.6. The lowest BCUT2D eigenvalue weighted by atomic mass is 10.0. The van der Waals surface area contributed by atoms with Gasteiger partial charge in [-0.2, -0.15) is 13.2 Å². The first-order valence-electron chi connectivity index (χ1n) is 9.86. The van der Waals surface area contributed by atoms with E-state index in [0.29, 0.717) is 27.8 Å². The van der Waals surface area contributed by atoms with Crippen molar-refractivity contribution < 1.29 is 22.8 Å². The number of ether oxygens (including phenoxy) is 1. The SMILES string of the molecule is O=[N+]([O-])CC1=NC[C@H](c2cccc(C(F)(F)F)c2)N1c1ccc(Oc2ccc(Cl)cc2)cc1. The molecule has 0 bridgehead atoms. The van der Waals surface area contributed by atoms with Crippen LogP contribution in [0.5, 0.6) is 11.5 Å². The summed E-state index contributed by atoms with van der Waals surface area (Å²) in [6, 6.07) is 17.9. The molecule has 6 nitrogen and oxygen atoms in total. The first-order chi connectivity index (χ1) is 15.7. The number of hydrogen-bond donors (Lipinski definition) is 0. The summed E-state index contributed by atoms with van der Waals surface area (Å²) in [5.74, 6) is 1.27. The monoisotopic (exact) mass is 475 g/mol. The van der Waals surface area contributed by atoms with E-state index < -0.39 is 29.2 Å². The van der Waals surface area contributed by atoms with Crippen LogP contribution in [0.25, 0.3) is 0 Å². The molecule has 0 aliphatic carbocycles. The third-order valence-electron chi connectivity index (χ3n) is 5.07. The highest BCUT2D eigenvalue weighted by molar-refractivity contribution is 6.30. The molecule has 1 aliphatic heterocycles. The molecular weight excluding hydrogens is 459 g/mol. The van der Waals surface area contributed by atoms with Crippen LogP contribution in [0, 0.1) is 10.1 Å². The summed E-state index contributed by atoms with van der Waals surface area (Å²) in [6.07, 6.45) is -4.50. The van der Waals surface area contributed by atoms with Crippen LogP contribution in [-0.2, 0) is 6.18 Å². The van der Waals surface area contributed by atoms with Gasteiger partial charge in [-0.05, 0) is 66.2 Å². The third-order valence-corrected chi connectivity index (χ3v) is 5.32. The molecule has 170 valence electrons. The van der Waals surface area contributed by atoms with E-state index >= 15 is 0 Å². The number of nitrogens with zero attached hydrogens (tertiary/aromatic N) is 3. The Morgan fingerprint density at radius 1 is 1.06 bits per heavy atom. The zero-order valence-electron chi connectivity index (χ0n) is 17.0. The van der Waals surface area contributed by atoms with Crippen molar-refractivity contribution in [2.24, 2.45) is 4.99 Å². The van der Waals surface area contributed by atoms with Gasteiger partial charge in [0.15, 0.2) is 5.84 Å². The van der Waals surface area contributed by atoms with E-state index in [9.17, 15) is 23.3 Å². The molecule has 1 heterocycles. The van der Waals surface area contributed by atoms with Crippen LogP contribution >= 0.6 is 11.6 Å². The summed E-state index contributed by atoms with van der Waals surface area (Å²) in [4.78, 5) is 16.5. The van der Waals surface area contributed by atoms with E-state index in [0.717, 1.165) is 12.1 Å². The minimum atomic E-state index is -4.50. The van der Waals surface area contributed by atoms with Crippen LogP contribution in [-0.4, -0.2) is 23.8 Å². The summed E-state index contributed by atoms with van der Waals surface area (Å²) < 4.78 is 45.4. The van der Waals surface area contributed by atoms with Gasteiger partial charge < -0.3 is 9.64 Å². The summed E-state index contributed by atoms with van der Waals surface area (Å²) in [6.45, 7) is -0.438. The molecule has 10 heteroatoms. The van der Waals surface area contributed by atoms with Gasteiger partial charge >= 0.3 is 6.18 Å². The van der Waals surface area contributed by atoms with Crippen molar-refractivity contribution in [3.63, 3.8) is 0 Å². The fourth-order valence-corrected chi connectivity index (χ4v) is 3.72. The lowest BCUT2D eigenvalue weighted by molar-refractivity contribution is -0.463. The fraction of sp³-hybridized carbons (Fsp3) is 0.174. The number of hydrogen-bond acceptors (Lipinski definition) is 5. The maximum atomic E-state index is 13.2. The molecule has 0 unspecified atom stereocenters. The largest absolute Gasteiger partial charge is 0.457 e. The van der Waals surface area contributed by atoms with Crippen molar-refractivity contribution in [1.82, 2.24) is 0 Å². The summed E-state index contributed by atoms with van der Waals surface area (Å²) >= 11 is 5.87. The zero-order valence-corrected chi connectivity index (χ0v) is 17.8. The second kappa shape index (κ2) is 9.11. The Hall–Kier alpha value is -3.59. The Kier molecular flexibility index (Phi) is 6.24. The van der Waals surface area contributed by atoms with Crippen molar-refractivity contribution in [1.29, 1.82) is 0 Å². The molecule has 0 aromatic heterocycles. The summed E-state index contributed by atoms with van der Waals surface area (Å²) in [7, 11) is 0. The molecule has 0 saturated carbocycles. The van der Waals surface area contributed by atoms with E-state index in [1.807, 2.05) is 0 Å². The van der Waals surface area contributed by atoms with Gasteiger partial charge in [0.05, 0.1) is 18.2 Å². The summed E-state index contributed by atoms with van der Waals surface area (Å²) in [5, 5.41) is 11.7. The number of anilines is 1. The molecule has 0 saturated heterocycles. The van der Waals surface area contributed by atoms with Crippen LogP contribution in [0.2, 0.25) is 5.02 Å². The van der Waals surface area contributed by atoms with Crippen molar-refractivity contribution in [3.05, 3.63) is 99.1 Å². The quantitative estimate of drug-likeness (QED) is 0.306. The van der Waals surface area contributed by atoms with Crippen molar-refractivity contribution in [3.8, 4) is 11.5 Å². The van der Waals surface area contributed by atoms with Crippen LogP contribution in [0.15, 0.2) is 77.8 Å². The Balaban J connectivity index is 1.63. The molecule has 33 heavy (non-hydrogen) atoms. The second-order valence-corrected chi connectivity index (χ2v) is 7.74. The van der Waals surface area contributed by atoms with E-state index in [1.54, 1.807) is 59.5 Å². The van der Waals surface area contributed by atoms with Crippen LogP contribution in [0.4, 0.5) is 18.9 Å². The number of alkyl halides is 3. The molecule has 4 rings (SSSR count). The molecule has 3 aromatic carbocycles. The van der Waals surface area contributed by atoms with Crippen LogP contribution in [0.1, 0.15) is 17.2 Å². The van der Waals surface area contributed by atoms with Gasteiger partial charge in [-0.25, -0.2) is 0 Å². The lowest BCUT2D eigenvalue weighted by Crippen LogP contribution is -2.35. The second-order valence-electron chi connectivity index (χ2n) is 7.31. The average molecular weight is 476 g/mol. The molecule has 0 N–H and O–H groups in total. The molecular formula is C23H17ClF3N3O3. The molecule has 0 amide bonds. The Morgan fingerprint density at radius 3 is 2.30 bits per heavy atom. The Bertz CT molecular complexity index is 1180. The van der Waals surface area contributed by atoms with Crippen molar-refractivity contribution in [2.75, 3.05) is 18.0 Å². The van der Waals surface area contributed by atoms with E-state index in [-0.39, 0.29) is 12.4 Å². The number of benzene rings is 3. The molecule has 1 aliphatic rings. The Morgan fingerprint density at radius 2 is 1.70 bits per heavy atom. The van der Waals surface area contributed by atoms with Gasteiger partial charge in [0.2, 0.25) is 0 Å². The number of rotatable bonds is 6. The van der Waals surface area contributed by atoms with Crippen molar-refractivity contribution in [2.45, 2.75) is 12.2 Å². The Labute approximate surface area is 192 Å². The third kappa shape index (κ3) is 5.25. The number of halogens is 4. The van der Waals surface area contributed by atoms with Gasteiger partial charge in [0, 0.05) is 15.6 Å². The fourth-order valence-electron chi connectivity index (χ4n) is 3.59. The lowest BCUT2D eigenvalue weighted by Gasteiger charge is -2.28. The minimum Gasteiger partial charge on any atom is -0.457 e. The van der Waals surface area contributed by atoms with Gasteiger partial charge in [-0.1, -0.05) is 23.7 Å². The predicted molar refractivity (Wildman–Crippen MR) is 119 cm³/mol. The topological polar surface area (TPSA) is 68.0 Å². The van der Waals surface area contributed by atoms with Gasteiger partial charge in [0.25, 0.3) is 6.54 Å². The summed E-state index contributed by atoms with van der Waals surface area (Å²) in [5.41, 5.74) is 0.141. The molecule has 0 spiro atoms. The molecule has 0 fully saturated rings. The van der Waals surface area contributed by atoms with Gasteiger partial charge in [-0.3, -0.25) is 15.1 Å². The number of nitro groups is 1. The number of aliphatic imine (C=N–C) groups is 1. The maximum Gasteiger partial charge on any atom is 0.416 e. The first-order valence-corrected chi connectivity index (χ1v) is 10.2. The molecule has 3 aromatic rings. The minimum absolute atomic E-state index is 0.105. The standard InChI is InChI=1S/C23H17ClF3N3O3/c24-17-4-8-19(9-5-17)33-20-10-6-18(7-11-20)30-21(13-28-22(30)14-29(31)32)15-2-1-3-16(12-15)23(25,26)27/h1-12,21H,13-14H2/t21-/m1/s1. The molecule has 0 radical (unpaired) electrons. The van der Waals surface area contributed by atoms with E-state index in [2.05, 4.69) is 4.99 Å². The van der Waals surface area contributed by atoms with Crippen LogP contribution in [0.3, 0.4) is 0 Å². The average Bonchev–Trinajstić information content (AvgIpc) is 3.18.